The van der Waals surface area contributed by atoms with Gasteiger partial charge in [0.15, 0.2) is 0 Å². The van der Waals surface area contributed by atoms with Crippen molar-refractivity contribution in [3.63, 3.8) is 0 Å². The molecule has 0 amide bonds. The molecular weight excluding hydrogens is 122 g/mol. The minimum Gasteiger partial charge on any atom is -0.286 e. The Bertz CT molecular complexity index is 166. The van der Waals surface area contributed by atoms with Crippen LogP contribution < -0.4 is 0 Å². The standard InChI is InChI=1S/C9H15N/c1-7(2)9-6-4-5-8(3)10-9/h4,6-8H,5H2,1-3H3/t8-/m0/s1. The number of aliphatic imine (C=N–C) groups is 1. The molecule has 0 radical (unpaired) electrons. The molecule has 1 heterocycles. The molecular formula is C9H15N. The Balaban J connectivity index is 2.66. The molecule has 0 N–H and O–H groups in total. The maximum absolute atomic E-state index is 4.51. The number of hydrogen-bond acceptors (Lipinski definition) is 1. The van der Waals surface area contributed by atoms with Gasteiger partial charge in [-0.2, -0.15) is 0 Å². The highest BCUT2D eigenvalue weighted by Gasteiger charge is 2.07. The van der Waals surface area contributed by atoms with Gasteiger partial charge in [0.2, 0.25) is 0 Å². The van der Waals surface area contributed by atoms with Crippen molar-refractivity contribution in [3.05, 3.63) is 12.2 Å². The second-order valence-corrected chi connectivity index (χ2v) is 3.20. The van der Waals surface area contributed by atoms with E-state index in [1.165, 1.54) is 5.71 Å². The summed E-state index contributed by atoms with van der Waals surface area (Å²) in [6, 6.07) is 0.502. The van der Waals surface area contributed by atoms with Crippen LogP contribution in [0.5, 0.6) is 0 Å². The molecule has 10 heavy (non-hydrogen) atoms. The highest BCUT2D eigenvalue weighted by molar-refractivity contribution is 5.97. The summed E-state index contributed by atoms with van der Waals surface area (Å²) in [5.74, 6) is 0.582. The van der Waals surface area contributed by atoms with E-state index in [2.05, 4.69) is 37.9 Å². The van der Waals surface area contributed by atoms with Crippen LogP contribution in [-0.2, 0) is 0 Å². The quantitative estimate of drug-likeness (QED) is 0.526. The number of allylic oxidation sites excluding steroid dienone is 1. The fourth-order valence-corrected chi connectivity index (χ4v) is 1.08. The second kappa shape index (κ2) is 3.00. The van der Waals surface area contributed by atoms with Crippen LogP contribution in [0, 0.1) is 5.92 Å². The van der Waals surface area contributed by atoms with Gasteiger partial charge >= 0.3 is 0 Å². The lowest BCUT2D eigenvalue weighted by Crippen LogP contribution is -2.12. The largest absolute Gasteiger partial charge is 0.286 e. The van der Waals surface area contributed by atoms with Crippen molar-refractivity contribution in [3.8, 4) is 0 Å². The zero-order valence-corrected chi connectivity index (χ0v) is 6.96. The Labute approximate surface area is 62.9 Å². The van der Waals surface area contributed by atoms with Crippen LogP contribution in [0.3, 0.4) is 0 Å². The van der Waals surface area contributed by atoms with E-state index < -0.39 is 0 Å². The molecule has 1 aliphatic heterocycles. The summed E-state index contributed by atoms with van der Waals surface area (Å²) in [4.78, 5) is 4.51. The molecule has 0 fully saturated rings. The second-order valence-electron chi connectivity index (χ2n) is 3.20. The zero-order valence-electron chi connectivity index (χ0n) is 6.96. The molecule has 1 heteroatoms. The SMILES string of the molecule is CC(C)C1=N[C@@H](C)CC=C1. The summed E-state index contributed by atoms with van der Waals surface area (Å²) in [5.41, 5.74) is 1.25. The lowest BCUT2D eigenvalue weighted by Gasteiger charge is -2.13. The molecule has 0 bridgehead atoms. The molecule has 0 saturated carbocycles. The highest BCUT2D eigenvalue weighted by Crippen LogP contribution is 2.10. The lowest BCUT2D eigenvalue weighted by atomic mass is 10.0. The summed E-state index contributed by atoms with van der Waals surface area (Å²) < 4.78 is 0. The molecule has 56 valence electrons. The van der Waals surface area contributed by atoms with E-state index >= 15 is 0 Å². The summed E-state index contributed by atoms with van der Waals surface area (Å²) in [6.07, 6.45) is 5.47. The molecule has 1 atom stereocenters. The van der Waals surface area contributed by atoms with Gasteiger partial charge in [-0.05, 0) is 25.3 Å². The molecule has 0 unspecified atom stereocenters. The smallest absolute Gasteiger partial charge is 0.0509 e. The van der Waals surface area contributed by atoms with Gasteiger partial charge < -0.3 is 0 Å². The first-order chi connectivity index (χ1) is 4.70. The number of rotatable bonds is 1. The van der Waals surface area contributed by atoms with Crippen LogP contribution in [0.2, 0.25) is 0 Å². The van der Waals surface area contributed by atoms with Crippen molar-refractivity contribution < 1.29 is 0 Å². The van der Waals surface area contributed by atoms with Crippen LogP contribution in [0.15, 0.2) is 17.1 Å². The van der Waals surface area contributed by atoms with Gasteiger partial charge in [0.25, 0.3) is 0 Å². The fraction of sp³-hybridized carbons (Fsp3) is 0.667. The van der Waals surface area contributed by atoms with Crippen LogP contribution in [0.1, 0.15) is 27.2 Å². The van der Waals surface area contributed by atoms with Crippen molar-refractivity contribution >= 4 is 5.71 Å². The van der Waals surface area contributed by atoms with Gasteiger partial charge in [0.05, 0.1) is 6.04 Å². The van der Waals surface area contributed by atoms with Gasteiger partial charge in [-0.15, -0.1) is 0 Å². The van der Waals surface area contributed by atoms with Crippen molar-refractivity contribution in [1.82, 2.24) is 0 Å². The monoisotopic (exact) mass is 137 g/mol. The Morgan fingerprint density at radius 1 is 1.60 bits per heavy atom. The normalized spacial score (nSPS) is 25.2. The summed E-state index contributed by atoms with van der Waals surface area (Å²) >= 11 is 0. The molecule has 1 rings (SSSR count). The molecule has 1 aliphatic rings. The third kappa shape index (κ3) is 1.69. The van der Waals surface area contributed by atoms with Crippen molar-refractivity contribution in [2.45, 2.75) is 33.2 Å². The Hall–Kier alpha value is -0.590. The first kappa shape index (κ1) is 7.52. The number of hydrogen-bond donors (Lipinski definition) is 0. The first-order valence-corrected chi connectivity index (χ1v) is 3.94. The molecule has 0 spiro atoms. The van der Waals surface area contributed by atoms with Gasteiger partial charge in [0, 0.05) is 5.71 Å². The molecule has 0 aliphatic carbocycles. The Kier molecular flexibility index (Phi) is 2.25. The van der Waals surface area contributed by atoms with Gasteiger partial charge in [-0.1, -0.05) is 19.9 Å². The molecule has 0 saturated heterocycles. The van der Waals surface area contributed by atoms with Gasteiger partial charge in [-0.3, -0.25) is 4.99 Å². The summed E-state index contributed by atoms with van der Waals surface area (Å²) in [6.45, 7) is 6.52. The van der Waals surface area contributed by atoms with E-state index in [0.29, 0.717) is 12.0 Å². The van der Waals surface area contributed by atoms with Crippen LogP contribution in [-0.4, -0.2) is 11.8 Å². The Morgan fingerprint density at radius 3 is 2.70 bits per heavy atom. The van der Waals surface area contributed by atoms with E-state index in [1.54, 1.807) is 0 Å². The van der Waals surface area contributed by atoms with Crippen molar-refractivity contribution in [2.24, 2.45) is 10.9 Å². The van der Waals surface area contributed by atoms with E-state index in [1.807, 2.05) is 0 Å². The topological polar surface area (TPSA) is 12.4 Å². The summed E-state index contributed by atoms with van der Waals surface area (Å²) in [5, 5.41) is 0. The maximum Gasteiger partial charge on any atom is 0.0509 e. The lowest BCUT2D eigenvalue weighted by molar-refractivity contribution is 0.731. The van der Waals surface area contributed by atoms with E-state index in [-0.39, 0.29) is 0 Å². The fourth-order valence-electron chi connectivity index (χ4n) is 1.08. The molecule has 0 aromatic heterocycles. The predicted octanol–water partition coefficient (Wildman–Crippen LogP) is 2.43. The van der Waals surface area contributed by atoms with Crippen molar-refractivity contribution in [1.29, 1.82) is 0 Å². The third-order valence-electron chi connectivity index (χ3n) is 1.73. The third-order valence-corrected chi connectivity index (χ3v) is 1.73. The predicted molar refractivity (Wildman–Crippen MR) is 45.5 cm³/mol. The first-order valence-electron chi connectivity index (χ1n) is 3.94. The average Bonchev–Trinajstić information content (AvgIpc) is 1.88. The maximum atomic E-state index is 4.51. The number of nitrogens with zero attached hydrogens (tertiary/aromatic N) is 1. The van der Waals surface area contributed by atoms with E-state index in [4.69, 9.17) is 0 Å². The van der Waals surface area contributed by atoms with Crippen LogP contribution in [0.4, 0.5) is 0 Å². The van der Waals surface area contributed by atoms with E-state index in [0.717, 1.165) is 6.42 Å². The van der Waals surface area contributed by atoms with Crippen molar-refractivity contribution in [2.75, 3.05) is 0 Å². The molecule has 0 aromatic carbocycles. The minimum atomic E-state index is 0.502. The Morgan fingerprint density at radius 2 is 2.30 bits per heavy atom. The average molecular weight is 137 g/mol. The van der Waals surface area contributed by atoms with E-state index in [9.17, 15) is 0 Å². The van der Waals surface area contributed by atoms with Gasteiger partial charge in [-0.25, -0.2) is 0 Å². The number of dihydropyridines is 1. The zero-order chi connectivity index (χ0) is 7.56. The van der Waals surface area contributed by atoms with Crippen LogP contribution >= 0.6 is 0 Å². The highest BCUT2D eigenvalue weighted by atomic mass is 14.8. The molecule has 0 aromatic rings. The molecule has 1 nitrogen and oxygen atoms in total. The minimum absolute atomic E-state index is 0.502. The summed E-state index contributed by atoms with van der Waals surface area (Å²) in [7, 11) is 0. The van der Waals surface area contributed by atoms with Gasteiger partial charge in [0.1, 0.15) is 0 Å². The van der Waals surface area contributed by atoms with Crippen LogP contribution in [0.25, 0.3) is 0 Å².